The molecule has 4 rings (SSSR count). The lowest BCUT2D eigenvalue weighted by Gasteiger charge is -2.29. The fourth-order valence-electron chi connectivity index (χ4n) is 4.91. The van der Waals surface area contributed by atoms with Crippen LogP contribution in [0.25, 0.3) is 22.0 Å². The summed E-state index contributed by atoms with van der Waals surface area (Å²) in [5.41, 5.74) is 5.07. The Morgan fingerprint density at radius 1 is 0.911 bits per heavy atom. The highest BCUT2D eigenvalue weighted by molar-refractivity contribution is 6.05. The highest BCUT2D eigenvalue weighted by Crippen LogP contribution is 2.37. The first-order valence-electron chi connectivity index (χ1n) is 14.4. The second-order valence-corrected chi connectivity index (χ2v) is 12.6. The number of rotatable bonds is 5. The maximum absolute atomic E-state index is 13.9. The van der Waals surface area contributed by atoms with Gasteiger partial charge in [-0.3, -0.25) is 14.5 Å². The third-order valence-electron chi connectivity index (χ3n) is 6.79. The van der Waals surface area contributed by atoms with Crippen molar-refractivity contribution in [1.29, 1.82) is 0 Å². The molecule has 0 N–H and O–H groups in total. The zero-order valence-electron chi connectivity index (χ0n) is 27.6. The van der Waals surface area contributed by atoms with Crippen LogP contribution in [0.5, 0.6) is 5.75 Å². The molecule has 2 aromatic heterocycles. The number of nitrogens with zero attached hydrogens (tertiary/aromatic N) is 3. The van der Waals surface area contributed by atoms with E-state index in [9.17, 15) is 9.59 Å². The lowest BCUT2D eigenvalue weighted by atomic mass is 9.98. The molecule has 2 aromatic carbocycles. The fourth-order valence-corrected chi connectivity index (χ4v) is 4.91. The maximum atomic E-state index is 13.9. The summed E-state index contributed by atoms with van der Waals surface area (Å²) in [5, 5.41) is 0.695. The summed E-state index contributed by atoms with van der Waals surface area (Å²) in [6.07, 6.45) is 2.63. The van der Waals surface area contributed by atoms with Crippen LogP contribution in [0.3, 0.4) is 0 Å². The zero-order chi connectivity index (χ0) is 33.7. The first-order valence-corrected chi connectivity index (χ1v) is 14.4. The van der Waals surface area contributed by atoms with Gasteiger partial charge >= 0.3 is 18.3 Å². The molecule has 0 aliphatic carbocycles. The Labute approximate surface area is 263 Å². The van der Waals surface area contributed by atoms with Gasteiger partial charge in [0.25, 0.3) is 0 Å². The van der Waals surface area contributed by atoms with Gasteiger partial charge in [-0.05, 0) is 97.2 Å². The minimum absolute atomic E-state index is 0.126. The third-order valence-corrected chi connectivity index (χ3v) is 6.79. The van der Waals surface area contributed by atoms with Gasteiger partial charge in [0.2, 0.25) is 0 Å². The van der Waals surface area contributed by atoms with Crippen LogP contribution < -0.4 is 9.64 Å². The Bertz CT molecular complexity index is 1740. The lowest BCUT2D eigenvalue weighted by molar-refractivity contribution is -0.191. The first kappa shape index (κ1) is 34.5. The zero-order valence-corrected chi connectivity index (χ0v) is 27.6. The average molecular weight is 616 g/mol. The molecular weight excluding hydrogens is 574 g/mol. The molecule has 10 heteroatoms. The highest BCUT2D eigenvalue weighted by atomic mass is 16.6. The SMILES string of the molecule is COc1c(C)cnc(CN(C(=O)OC(C)(C)C)c2cc(-c3ccccc3C)cc3c2ccn3C(=O)OC(C)(C)C)c1C.O=C=O. The summed E-state index contributed by atoms with van der Waals surface area (Å²) in [7, 11) is 1.62. The first-order chi connectivity index (χ1) is 21.0. The van der Waals surface area contributed by atoms with Crippen molar-refractivity contribution >= 4 is 34.9 Å². The number of ether oxygens (including phenoxy) is 3. The molecule has 10 nitrogen and oxygen atoms in total. The van der Waals surface area contributed by atoms with E-state index in [1.165, 1.54) is 4.57 Å². The monoisotopic (exact) mass is 615 g/mol. The van der Waals surface area contributed by atoms with E-state index in [2.05, 4.69) is 4.98 Å². The molecule has 0 spiro atoms. The number of carbonyl (C=O) groups is 2. The quantitative estimate of drug-likeness (QED) is 0.223. The number of amides is 1. The summed E-state index contributed by atoms with van der Waals surface area (Å²) >= 11 is 0. The molecule has 0 atom stereocenters. The summed E-state index contributed by atoms with van der Waals surface area (Å²) in [6, 6.07) is 13.7. The van der Waals surface area contributed by atoms with Gasteiger partial charge in [-0.15, -0.1) is 0 Å². The largest absolute Gasteiger partial charge is 0.496 e. The Balaban J connectivity index is 0.00000177. The predicted octanol–water partition coefficient (Wildman–Crippen LogP) is 7.78. The second kappa shape index (κ2) is 13.8. The van der Waals surface area contributed by atoms with Crippen molar-refractivity contribution in [3.05, 3.63) is 77.2 Å². The molecule has 0 saturated carbocycles. The summed E-state index contributed by atoms with van der Waals surface area (Å²) in [4.78, 5) is 49.7. The Hall–Kier alpha value is -4.95. The van der Waals surface area contributed by atoms with Crippen molar-refractivity contribution in [3.8, 4) is 16.9 Å². The van der Waals surface area contributed by atoms with Gasteiger partial charge in [-0.1, -0.05) is 24.3 Å². The molecule has 0 aliphatic rings. The standard InChI is InChI=1S/C34H41N3O5.CO2/c1-21-13-11-12-14-25(21)24-17-28-26(15-16-36(28)31(38)41-33(4,5)6)29(18-24)37(32(39)42-34(7,8)9)20-27-23(3)30(40-10)22(2)19-35-27;2-1-3/h11-19H,20H2,1-10H3;. The molecule has 238 valence electrons. The molecule has 0 fully saturated rings. The van der Waals surface area contributed by atoms with E-state index in [4.69, 9.17) is 23.8 Å². The smallest absolute Gasteiger partial charge is 0.418 e. The van der Waals surface area contributed by atoms with Crippen LogP contribution in [0.2, 0.25) is 0 Å². The van der Waals surface area contributed by atoms with Crippen molar-refractivity contribution in [2.75, 3.05) is 12.0 Å². The number of aromatic nitrogens is 2. The number of hydrogen-bond acceptors (Lipinski definition) is 8. The van der Waals surface area contributed by atoms with Crippen LogP contribution in [0.4, 0.5) is 15.3 Å². The molecule has 0 aliphatic heterocycles. The molecule has 0 saturated heterocycles. The van der Waals surface area contributed by atoms with E-state index in [-0.39, 0.29) is 12.7 Å². The van der Waals surface area contributed by atoms with Gasteiger partial charge in [-0.25, -0.2) is 9.59 Å². The number of aryl methyl sites for hydroxylation is 2. The number of benzene rings is 2. The predicted molar refractivity (Wildman–Crippen MR) is 171 cm³/mol. The topological polar surface area (TPSA) is 117 Å². The summed E-state index contributed by atoms with van der Waals surface area (Å²) in [6.45, 7) is 17.0. The second-order valence-electron chi connectivity index (χ2n) is 12.6. The number of hydrogen-bond donors (Lipinski definition) is 0. The Kier molecular flexibility index (Phi) is 10.6. The minimum Gasteiger partial charge on any atom is -0.496 e. The number of methoxy groups -OCH3 is 1. The Morgan fingerprint density at radius 2 is 1.53 bits per heavy atom. The highest BCUT2D eigenvalue weighted by Gasteiger charge is 2.29. The van der Waals surface area contributed by atoms with Gasteiger partial charge < -0.3 is 14.2 Å². The van der Waals surface area contributed by atoms with E-state index < -0.39 is 23.4 Å². The van der Waals surface area contributed by atoms with Crippen molar-refractivity contribution in [2.45, 2.75) is 80.1 Å². The van der Waals surface area contributed by atoms with Crippen LogP contribution in [0.1, 0.15) is 63.9 Å². The van der Waals surface area contributed by atoms with Crippen LogP contribution >= 0.6 is 0 Å². The van der Waals surface area contributed by atoms with E-state index in [1.807, 2.05) is 105 Å². The van der Waals surface area contributed by atoms with Crippen molar-refractivity contribution in [2.24, 2.45) is 0 Å². The maximum Gasteiger partial charge on any atom is 0.418 e. The van der Waals surface area contributed by atoms with Gasteiger partial charge in [-0.2, -0.15) is 9.59 Å². The molecule has 0 bridgehead atoms. The number of fused-ring (bicyclic) bond motifs is 1. The molecule has 1 amide bonds. The van der Waals surface area contributed by atoms with Crippen molar-refractivity contribution < 1.29 is 33.4 Å². The molecular formula is C35H41N3O7. The summed E-state index contributed by atoms with van der Waals surface area (Å²) < 4.78 is 18.8. The lowest BCUT2D eigenvalue weighted by Crippen LogP contribution is -2.37. The van der Waals surface area contributed by atoms with E-state index in [0.717, 1.165) is 33.6 Å². The molecule has 0 radical (unpaired) electrons. The van der Waals surface area contributed by atoms with Crippen molar-refractivity contribution in [1.82, 2.24) is 9.55 Å². The van der Waals surface area contributed by atoms with Gasteiger partial charge in [0.1, 0.15) is 17.0 Å². The van der Waals surface area contributed by atoms with Gasteiger partial charge in [0, 0.05) is 28.9 Å². The van der Waals surface area contributed by atoms with E-state index in [0.29, 0.717) is 22.3 Å². The normalized spacial score (nSPS) is 11.2. The average Bonchev–Trinajstić information content (AvgIpc) is 3.36. The van der Waals surface area contributed by atoms with Crippen LogP contribution in [0.15, 0.2) is 54.9 Å². The van der Waals surface area contributed by atoms with E-state index in [1.54, 1.807) is 24.4 Å². The van der Waals surface area contributed by atoms with Gasteiger partial charge in [0.15, 0.2) is 0 Å². The van der Waals surface area contributed by atoms with Crippen LogP contribution in [-0.4, -0.2) is 46.2 Å². The molecule has 4 aromatic rings. The van der Waals surface area contributed by atoms with Crippen molar-refractivity contribution in [3.63, 3.8) is 0 Å². The number of carbonyl (C=O) groups excluding carboxylic acids is 4. The van der Waals surface area contributed by atoms with Crippen LogP contribution in [-0.2, 0) is 25.6 Å². The number of anilines is 1. The summed E-state index contributed by atoms with van der Waals surface area (Å²) in [5.74, 6) is 0.721. The molecule has 0 unspecified atom stereocenters. The van der Waals surface area contributed by atoms with Crippen LogP contribution in [0, 0.1) is 20.8 Å². The minimum atomic E-state index is -0.738. The molecule has 2 heterocycles. The fraction of sp³-hybridized carbons (Fsp3) is 0.371. The third kappa shape index (κ3) is 8.37. The molecule has 45 heavy (non-hydrogen) atoms. The van der Waals surface area contributed by atoms with Gasteiger partial charge in [0.05, 0.1) is 30.6 Å². The van der Waals surface area contributed by atoms with E-state index >= 15 is 0 Å². The number of pyridine rings is 1. The Morgan fingerprint density at radius 3 is 2.11 bits per heavy atom.